The van der Waals surface area contributed by atoms with Gasteiger partial charge in [0.25, 0.3) is 0 Å². The molecule has 0 aliphatic carbocycles. The van der Waals surface area contributed by atoms with Crippen LogP contribution in [0.5, 0.6) is 0 Å². The van der Waals surface area contributed by atoms with Crippen LogP contribution >= 0.6 is 0 Å². The molecular formula is C26H32N4O4. The standard InChI is InChI=1S/C26H32N4O4/c1-19-7-3-5-9-21(19)23-17-27-13-15-29(23)33-25(31)11-12-26(32)34-30-16-14-28-18-24(30)22-10-6-4-8-20(22)2/h3-12,23-24,27-28H,13-18H2,1-2H3/b12-11+. The molecule has 180 valence electrons. The first-order valence-electron chi connectivity index (χ1n) is 11.7. The monoisotopic (exact) mass is 464 g/mol. The maximum absolute atomic E-state index is 12.5. The zero-order valence-electron chi connectivity index (χ0n) is 19.7. The van der Waals surface area contributed by atoms with Crippen LogP contribution in [0.4, 0.5) is 0 Å². The molecule has 2 aromatic carbocycles. The van der Waals surface area contributed by atoms with Crippen molar-refractivity contribution in [3.63, 3.8) is 0 Å². The van der Waals surface area contributed by atoms with E-state index in [-0.39, 0.29) is 12.1 Å². The van der Waals surface area contributed by atoms with Gasteiger partial charge < -0.3 is 20.3 Å². The molecule has 0 spiro atoms. The summed E-state index contributed by atoms with van der Waals surface area (Å²) in [4.78, 5) is 36.2. The van der Waals surface area contributed by atoms with Gasteiger partial charge >= 0.3 is 11.9 Å². The quantitative estimate of drug-likeness (QED) is 0.631. The molecule has 2 fully saturated rings. The minimum absolute atomic E-state index is 0.0880. The molecule has 2 aliphatic heterocycles. The summed E-state index contributed by atoms with van der Waals surface area (Å²) in [7, 11) is 0. The highest BCUT2D eigenvalue weighted by atomic mass is 16.7. The first-order chi connectivity index (χ1) is 16.5. The minimum atomic E-state index is -0.604. The average Bonchev–Trinajstić information content (AvgIpc) is 2.84. The summed E-state index contributed by atoms with van der Waals surface area (Å²) >= 11 is 0. The molecule has 8 nitrogen and oxygen atoms in total. The zero-order valence-corrected chi connectivity index (χ0v) is 19.7. The third-order valence-corrected chi connectivity index (χ3v) is 6.25. The van der Waals surface area contributed by atoms with Gasteiger partial charge in [-0.25, -0.2) is 9.59 Å². The van der Waals surface area contributed by atoms with E-state index in [1.807, 2.05) is 62.4 Å². The summed E-state index contributed by atoms with van der Waals surface area (Å²) in [5, 5.41) is 10.1. The van der Waals surface area contributed by atoms with E-state index in [1.165, 1.54) is 0 Å². The van der Waals surface area contributed by atoms with Crippen molar-refractivity contribution in [3.8, 4) is 0 Å². The van der Waals surface area contributed by atoms with E-state index in [1.54, 1.807) is 10.1 Å². The third-order valence-electron chi connectivity index (χ3n) is 6.25. The van der Waals surface area contributed by atoms with Gasteiger partial charge in [-0.1, -0.05) is 48.5 Å². The molecule has 4 rings (SSSR count). The molecule has 2 N–H and O–H groups in total. The van der Waals surface area contributed by atoms with Gasteiger partial charge in [-0.2, -0.15) is 0 Å². The zero-order chi connectivity index (χ0) is 23.9. The van der Waals surface area contributed by atoms with E-state index in [0.717, 1.165) is 34.4 Å². The van der Waals surface area contributed by atoms with Gasteiger partial charge in [0.15, 0.2) is 0 Å². The summed E-state index contributed by atoms with van der Waals surface area (Å²) in [6.07, 6.45) is 2.26. The van der Waals surface area contributed by atoms with Crippen molar-refractivity contribution in [3.05, 3.63) is 82.9 Å². The maximum atomic E-state index is 12.5. The number of benzene rings is 2. The molecule has 2 heterocycles. The molecular weight excluding hydrogens is 432 g/mol. The maximum Gasteiger partial charge on any atom is 0.349 e. The Balaban J connectivity index is 1.36. The number of rotatable bonds is 6. The second-order valence-corrected chi connectivity index (χ2v) is 8.59. The number of hydroxylamine groups is 4. The lowest BCUT2D eigenvalue weighted by molar-refractivity contribution is -0.203. The Morgan fingerprint density at radius 3 is 1.59 bits per heavy atom. The van der Waals surface area contributed by atoms with Crippen molar-refractivity contribution in [1.82, 2.24) is 20.8 Å². The van der Waals surface area contributed by atoms with Crippen molar-refractivity contribution in [2.45, 2.75) is 25.9 Å². The Morgan fingerprint density at radius 1 is 0.765 bits per heavy atom. The topological polar surface area (TPSA) is 83.1 Å². The number of carbonyl (C=O) groups is 2. The molecule has 2 aliphatic rings. The second-order valence-electron chi connectivity index (χ2n) is 8.59. The van der Waals surface area contributed by atoms with Crippen LogP contribution in [-0.2, 0) is 19.3 Å². The third kappa shape index (κ3) is 5.90. The molecule has 2 atom stereocenters. The predicted molar refractivity (Wildman–Crippen MR) is 128 cm³/mol. The Kier molecular flexibility index (Phi) is 8.08. The number of nitrogens with zero attached hydrogens (tertiary/aromatic N) is 2. The smallest absolute Gasteiger partial charge is 0.349 e. The normalized spacial score (nSPS) is 21.9. The highest BCUT2D eigenvalue weighted by Gasteiger charge is 2.29. The number of aryl methyl sites for hydroxylation is 2. The first-order valence-corrected chi connectivity index (χ1v) is 11.7. The van der Waals surface area contributed by atoms with Gasteiger partial charge in [0.1, 0.15) is 0 Å². The lowest BCUT2D eigenvalue weighted by Crippen LogP contribution is -2.47. The predicted octanol–water partition coefficient (Wildman–Crippen LogP) is 2.37. The van der Waals surface area contributed by atoms with Crippen LogP contribution in [-0.4, -0.2) is 61.3 Å². The molecule has 2 aromatic rings. The largest absolute Gasteiger partial charge is 0.364 e. The fourth-order valence-corrected chi connectivity index (χ4v) is 4.47. The van der Waals surface area contributed by atoms with E-state index in [2.05, 4.69) is 10.6 Å². The highest BCUT2D eigenvalue weighted by molar-refractivity contribution is 5.91. The number of carbonyl (C=O) groups excluding carboxylic acids is 2. The number of nitrogens with one attached hydrogen (secondary N) is 2. The van der Waals surface area contributed by atoms with E-state index >= 15 is 0 Å². The fraction of sp³-hybridized carbons (Fsp3) is 0.385. The van der Waals surface area contributed by atoms with Crippen LogP contribution in [0.1, 0.15) is 34.3 Å². The average molecular weight is 465 g/mol. The lowest BCUT2D eigenvalue weighted by Gasteiger charge is -2.35. The Bertz CT molecular complexity index is 959. The molecule has 34 heavy (non-hydrogen) atoms. The van der Waals surface area contributed by atoms with E-state index < -0.39 is 11.9 Å². The van der Waals surface area contributed by atoms with Crippen molar-refractivity contribution in [2.75, 3.05) is 39.3 Å². The summed E-state index contributed by atoms with van der Waals surface area (Å²) in [6, 6.07) is 15.9. The van der Waals surface area contributed by atoms with Gasteiger partial charge in [0.05, 0.1) is 12.1 Å². The van der Waals surface area contributed by atoms with Gasteiger partial charge in [0, 0.05) is 51.4 Å². The first kappa shape index (κ1) is 24.1. The van der Waals surface area contributed by atoms with Gasteiger partial charge in [0.2, 0.25) is 0 Å². The molecule has 0 aromatic heterocycles. The van der Waals surface area contributed by atoms with Crippen LogP contribution in [0.25, 0.3) is 0 Å². The van der Waals surface area contributed by atoms with Crippen molar-refractivity contribution < 1.29 is 19.3 Å². The number of hydrogen-bond donors (Lipinski definition) is 2. The Labute approximate surface area is 200 Å². The van der Waals surface area contributed by atoms with Crippen LogP contribution in [0.15, 0.2) is 60.7 Å². The summed E-state index contributed by atoms with van der Waals surface area (Å²) in [5.41, 5.74) is 4.48. The Morgan fingerprint density at radius 2 is 1.18 bits per heavy atom. The summed E-state index contributed by atoms with van der Waals surface area (Å²) in [5.74, 6) is -1.21. The summed E-state index contributed by atoms with van der Waals surface area (Å²) in [6.45, 7) is 7.97. The van der Waals surface area contributed by atoms with Crippen LogP contribution in [0.3, 0.4) is 0 Å². The van der Waals surface area contributed by atoms with E-state index in [4.69, 9.17) is 9.68 Å². The molecule has 2 unspecified atom stereocenters. The lowest BCUT2D eigenvalue weighted by atomic mass is 10.00. The number of hydrogen-bond acceptors (Lipinski definition) is 8. The molecule has 0 bridgehead atoms. The van der Waals surface area contributed by atoms with Gasteiger partial charge in [-0.05, 0) is 36.1 Å². The molecule has 0 saturated carbocycles. The van der Waals surface area contributed by atoms with Crippen molar-refractivity contribution in [1.29, 1.82) is 0 Å². The molecule has 8 heteroatoms. The van der Waals surface area contributed by atoms with E-state index in [0.29, 0.717) is 39.3 Å². The number of piperazine rings is 2. The van der Waals surface area contributed by atoms with Crippen LogP contribution < -0.4 is 10.6 Å². The highest BCUT2D eigenvalue weighted by Crippen LogP contribution is 2.26. The van der Waals surface area contributed by atoms with Crippen molar-refractivity contribution >= 4 is 11.9 Å². The fourth-order valence-electron chi connectivity index (χ4n) is 4.47. The molecule has 2 saturated heterocycles. The molecule has 0 amide bonds. The van der Waals surface area contributed by atoms with Gasteiger partial charge in [-0.3, -0.25) is 0 Å². The Hall–Kier alpha value is -3.04. The van der Waals surface area contributed by atoms with Gasteiger partial charge in [-0.15, -0.1) is 10.1 Å². The SMILES string of the molecule is Cc1ccccc1C1CNCCN1OC(=O)/C=C/C(=O)ON1CCNCC1c1ccccc1C. The minimum Gasteiger partial charge on any atom is -0.364 e. The molecule has 0 radical (unpaired) electrons. The second kappa shape index (κ2) is 11.4. The van der Waals surface area contributed by atoms with E-state index in [9.17, 15) is 9.59 Å². The van der Waals surface area contributed by atoms with Crippen molar-refractivity contribution in [2.24, 2.45) is 0 Å². The van der Waals surface area contributed by atoms with Crippen LogP contribution in [0.2, 0.25) is 0 Å². The van der Waals surface area contributed by atoms with Crippen LogP contribution in [0, 0.1) is 13.8 Å². The summed E-state index contributed by atoms with van der Waals surface area (Å²) < 4.78 is 0.